The number of rotatable bonds is 2. The van der Waals surface area contributed by atoms with Gasteiger partial charge in [0.15, 0.2) is 0 Å². The average molecular weight is 240 g/mol. The van der Waals surface area contributed by atoms with Crippen molar-refractivity contribution >= 4 is 0 Å². The van der Waals surface area contributed by atoms with Crippen molar-refractivity contribution in [3.63, 3.8) is 0 Å². The largest absolute Gasteiger partial charge is 0.381 e. The maximum Gasteiger partial charge on any atom is 0.0856 e. The van der Waals surface area contributed by atoms with Gasteiger partial charge in [0.05, 0.1) is 12.7 Å². The molecular weight excluding hydrogens is 216 g/mol. The number of nitrogens with two attached hydrogens (primary N) is 1. The summed E-state index contributed by atoms with van der Waals surface area (Å²) in [6, 6.07) is 0.869. The highest BCUT2D eigenvalue weighted by molar-refractivity contribution is 4.91. The van der Waals surface area contributed by atoms with Crippen LogP contribution in [0.2, 0.25) is 0 Å². The highest BCUT2D eigenvalue weighted by Gasteiger charge is 2.37. The van der Waals surface area contributed by atoms with Crippen LogP contribution in [0, 0.1) is 5.92 Å². The summed E-state index contributed by atoms with van der Waals surface area (Å²) < 4.78 is 11.4. The second kappa shape index (κ2) is 5.22. The maximum absolute atomic E-state index is 6.40. The molecule has 0 aromatic rings. The molecule has 0 amide bonds. The van der Waals surface area contributed by atoms with Gasteiger partial charge in [-0.3, -0.25) is 4.90 Å². The second-order valence-corrected chi connectivity index (χ2v) is 5.69. The average Bonchev–Trinajstić information content (AvgIpc) is 2.86. The summed E-state index contributed by atoms with van der Waals surface area (Å²) in [6.07, 6.45) is 5.08. The first kappa shape index (κ1) is 11.9. The van der Waals surface area contributed by atoms with E-state index in [1.165, 1.54) is 19.4 Å². The molecule has 3 atom stereocenters. The number of morpholine rings is 1. The number of ether oxygens (including phenoxy) is 2. The monoisotopic (exact) mass is 240 g/mol. The van der Waals surface area contributed by atoms with E-state index >= 15 is 0 Å². The lowest BCUT2D eigenvalue weighted by Crippen LogP contribution is -2.55. The van der Waals surface area contributed by atoms with Crippen molar-refractivity contribution in [2.24, 2.45) is 11.7 Å². The predicted molar refractivity (Wildman–Crippen MR) is 65.9 cm³/mol. The highest BCUT2D eigenvalue weighted by Crippen LogP contribution is 2.27. The van der Waals surface area contributed by atoms with Crippen molar-refractivity contribution in [1.29, 1.82) is 0 Å². The summed E-state index contributed by atoms with van der Waals surface area (Å²) in [6.45, 7) is 4.92. The Morgan fingerprint density at radius 3 is 2.82 bits per heavy atom. The third kappa shape index (κ3) is 2.50. The molecule has 0 aliphatic carbocycles. The first-order chi connectivity index (χ1) is 8.34. The molecule has 4 nitrogen and oxygen atoms in total. The van der Waals surface area contributed by atoms with Gasteiger partial charge in [0.1, 0.15) is 0 Å². The number of hydrogen-bond donors (Lipinski definition) is 1. The fourth-order valence-corrected chi connectivity index (χ4v) is 3.48. The molecule has 3 saturated heterocycles. The molecule has 0 radical (unpaired) electrons. The Morgan fingerprint density at radius 2 is 2.00 bits per heavy atom. The molecule has 3 fully saturated rings. The van der Waals surface area contributed by atoms with Crippen molar-refractivity contribution in [3.05, 3.63) is 0 Å². The van der Waals surface area contributed by atoms with Crippen molar-refractivity contribution < 1.29 is 9.47 Å². The fraction of sp³-hybridized carbons (Fsp3) is 1.00. The molecular formula is C13H24N2O2. The van der Waals surface area contributed by atoms with Gasteiger partial charge in [0.2, 0.25) is 0 Å². The lowest BCUT2D eigenvalue weighted by atomic mass is 9.88. The summed E-state index contributed by atoms with van der Waals surface area (Å²) in [5.41, 5.74) is 6.40. The maximum atomic E-state index is 6.40. The third-order valence-electron chi connectivity index (χ3n) is 4.66. The first-order valence-corrected chi connectivity index (χ1v) is 7.03. The van der Waals surface area contributed by atoms with Crippen LogP contribution >= 0.6 is 0 Å². The van der Waals surface area contributed by atoms with Crippen LogP contribution in [0.5, 0.6) is 0 Å². The minimum Gasteiger partial charge on any atom is -0.381 e. The van der Waals surface area contributed by atoms with E-state index in [9.17, 15) is 0 Å². The van der Waals surface area contributed by atoms with Gasteiger partial charge < -0.3 is 15.2 Å². The zero-order valence-electron chi connectivity index (χ0n) is 10.5. The van der Waals surface area contributed by atoms with Gasteiger partial charge >= 0.3 is 0 Å². The Hall–Kier alpha value is -0.160. The lowest BCUT2D eigenvalue weighted by Gasteiger charge is -2.40. The van der Waals surface area contributed by atoms with Crippen LogP contribution in [-0.4, -0.2) is 56.0 Å². The summed E-state index contributed by atoms with van der Waals surface area (Å²) in [5.74, 6) is 0.591. The van der Waals surface area contributed by atoms with E-state index in [1.807, 2.05) is 0 Å². The smallest absolute Gasteiger partial charge is 0.0856 e. The molecule has 4 heteroatoms. The SMILES string of the molecule is NC(C1CCOCC1)C1CN2CCCC2CO1. The minimum atomic E-state index is 0.195. The van der Waals surface area contributed by atoms with Crippen molar-refractivity contribution in [3.8, 4) is 0 Å². The van der Waals surface area contributed by atoms with Gasteiger partial charge in [-0.2, -0.15) is 0 Å². The standard InChI is InChI=1S/C13H24N2O2/c14-13(10-3-6-16-7-4-10)12-8-15-5-1-2-11(15)9-17-12/h10-13H,1-9,14H2. The molecule has 3 aliphatic rings. The predicted octanol–water partition coefficient (Wildman–Crippen LogP) is 0.603. The van der Waals surface area contributed by atoms with Gasteiger partial charge in [0, 0.05) is 31.8 Å². The molecule has 0 aromatic heterocycles. The van der Waals surface area contributed by atoms with Crippen molar-refractivity contribution in [1.82, 2.24) is 4.90 Å². The van der Waals surface area contributed by atoms with E-state index in [4.69, 9.17) is 15.2 Å². The second-order valence-electron chi connectivity index (χ2n) is 5.69. The molecule has 17 heavy (non-hydrogen) atoms. The van der Waals surface area contributed by atoms with Crippen molar-refractivity contribution in [2.75, 3.05) is 32.9 Å². The highest BCUT2D eigenvalue weighted by atomic mass is 16.5. The van der Waals surface area contributed by atoms with Gasteiger partial charge in [0.25, 0.3) is 0 Å². The molecule has 3 heterocycles. The number of nitrogens with zero attached hydrogens (tertiary/aromatic N) is 1. The summed E-state index contributed by atoms with van der Waals surface area (Å²) in [7, 11) is 0. The Labute approximate surface area is 103 Å². The van der Waals surface area contributed by atoms with E-state index < -0.39 is 0 Å². The van der Waals surface area contributed by atoms with Gasteiger partial charge in [-0.1, -0.05) is 0 Å². The van der Waals surface area contributed by atoms with E-state index in [0.717, 1.165) is 39.2 Å². The van der Waals surface area contributed by atoms with Gasteiger partial charge in [-0.05, 0) is 38.1 Å². The molecule has 3 rings (SSSR count). The number of hydrogen-bond acceptors (Lipinski definition) is 4. The van der Waals surface area contributed by atoms with E-state index in [1.54, 1.807) is 0 Å². The molecule has 3 aliphatic heterocycles. The van der Waals surface area contributed by atoms with Crippen LogP contribution < -0.4 is 5.73 Å². The third-order valence-corrected chi connectivity index (χ3v) is 4.66. The zero-order valence-corrected chi connectivity index (χ0v) is 10.5. The van der Waals surface area contributed by atoms with Crippen LogP contribution in [0.15, 0.2) is 0 Å². The van der Waals surface area contributed by atoms with E-state index in [0.29, 0.717) is 12.0 Å². The molecule has 0 bridgehead atoms. The van der Waals surface area contributed by atoms with Crippen LogP contribution in [0.3, 0.4) is 0 Å². The summed E-state index contributed by atoms with van der Waals surface area (Å²) in [4.78, 5) is 2.58. The van der Waals surface area contributed by atoms with Crippen molar-refractivity contribution in [2.45, 2.75) is 43.9 Å². The zero-order chi connectivity index (χ0) is 11.7. The molecule has 3 unspecified atom stereocenters. The normalized spacial score (nSPS) is 37.9. The Bertz CT molecular complexity index is 256. The van der Waals surface area contributed by atoms with Crippen LogP contribution in [0.25, 0.3) is 0 Å². The first-order valence-electron chi connectivity index (χ1n) is 7.03. The van der Waals surface area contributed by atoms with Gasteiger partial charge in [-0.25, -0.2) is 0 Å². The topological polar surface area (TPSA) is 47.7 Å². The molecule has 0 saturated carbocycles. The van der Waals surface area contributed by atoms with Crippen LogP contribution in [0.4, 0.5) is 0 Å². The Kier molecular flexibility index (Phi) is 3.66. The van der Waals surface area contributed by atoms with E-state index in [2.05, 4.69) is 4.90 Å². The molecule has 98 valence electrons. The Morgan fingerprint density at radius 1 is 1.18 bits per heavy atom. The Balaban J connectivity index is 1.56. The fourth-order valence-electron chi connectivity index (χ4n) is 3.48. The molecule has 0 aromatic carbocycles. The molecule has 2 N–H and O–H groups in total. The minimum absolute atomic E-state index is 0.195. The van der Waals surface area contributed by atoms with Gasteiger partial charge in [-0.15, -0.1) is 0 Å². The quantitative estimate of drug-likeness (QED) is 0.768. The van der Waals surface area contributed by atoms with Crippen LogP contribution in [-0.2, 0) is 9.47 Å². The summed E-state index contributed by atoms with van der Waals surface area (Å²) in [5, 5.41) is 0. The van der Waals surface area contributed by atoms with Crippen LogP contribution in [0.1, 0.15) is 25.7 Å². The lowest BCUT2D eigenvalue weighted by molar-refractivity contribution is -0.0748. The summed E-state index contributed by atoms with van der Waals surface area (Å²) >= 11 is 0. The molecule has 0 spiro atoms. The van der Waals surface area contributed by atoms with E-state index in [-0.39, 0.29) is 12.1 Å². The number of fused-ring (bicyclic) bond motifs is 1.